The van der Waals surface area contributed by atoms with E-state index in [1.807, 2.05) is 0 Å². The molecule has 15 heavy (non-hydrogen) atoms. The summed E-state index contributed by atoms with van der Waals surface area (Å²) in [5, 5.41) is 0. The minimum atomic E-state index is -0.412. The molecule has 0 unspecified atom stereocenters. The Morgan fingerprint density at radius 3 is 2.93 bits per heavy atom. The lowest BCUT2D eigenvalue weighted by atomic mass is 9.91. The van der Waals surface area contributed by atoms with Crippen molar-refractivity contribution >= 4 is 12.1 Å². The molecule has 5 nitrogen and oxygen atoms in total. The zero-order chi connectivity index (χ0) is 10.9. The van der Waals surface area contributed by atoms with Gasteiger partial charge < -0.3 is 14.4 Å². The fourth-order valence-electron chi connectivity index (χ4n) is 1.90. The molecule has 0 aromatic carbocycles. The highest BCUT2D eigenvalue weighted by atomic mass is 16.6. The minimum absolute atomic E-state index is 0.172. The zero-order valence-electron chi connectivity index (χ0n) is 8.40. The fourth-order valence-corrected chi connectivity index (χ4v) is 1.90. The van der Waals surface area contributed by atoms with E-state index in [-0.39, 0.29) is 18.7 Å². The third kappa shape index (κ3) is 1.82. The Morgan fingerprint density at radius 2 is 2.40 bits per heavy atom. The first-order valence-electron chi connectivity index (χ1n) is 4.90. The average Bonchev–Trinajstić information content (AvgIpc) is 2.54. The quantitative estimate of drug-likeness (QED) is 0.498. The maximum absolute atomic E-state index is 11.3. The maximum Gasteiger partial charge on any atom is 0.410 e. The van der Waals surface area contributed by atoms with Crippen LogP contribution in [0.4, 0.5) is 4.79 Å². The van der Waals surface area contributed by atoms with E-state index >= 15 is 0 Å². The lowest BCUT2D eigenvalue weighted by molar-refractivity contribution is -0.160. The van der Waals surface area contributed by atoms with Crippen LogP contribution in [0.1, 0.15) is 12.8 Å². The molecule has 2 aliphatic rings. The molecule has 0 aliphatic carbocycles. The highest BCUT2D eigenvalue weighted by Gasteiger charge is 2.52. The summed E-state index contributed by atoms with van der Waals surface area (Å²) in [6.07, 6.45) is 2.30. The molecular weight excluding hydrogens is 198 g/mol. The fraction of sp³-hybridized carbons (Fsp3) is 0.600. The molecule has 2 saturated heterocycles. The van der Waals surface area contributed by atoms with Gasteiger partial charge in [0, 0.05) is 12.8 Å². The van der Waals surface area contributed by atoms with Gasteiger partial charge in [0.15, 0.2) is 0 Å². The van der Waals surface area contributed by atoms with E-state index in [0.29, 0.717) is 25.9 Å². The summed E-state index contributed by atoms with van der Waals surface area (Å²) in [5.41, 5.74) is -0.412. The molecule has 0 aromatic heterocycles. The van der Waals surface area contributed by atoms with Crippen molar-refractivity contribution in [3.63, 3.8) is 0 Å². The number of carbonyl (C=O) groups is 2. The molecule has 2 heterocycles. The number of esters is 1. The van der Waals surface area contributed by atoms with Crippen molar-refractivity contribution < 1.29 is 19.1 Å². The van der Waals surface area contributed by atoms with Crippen LogP contribution in [0.2, 0.25) is 0 Å². The van der Waals surface area contributed by atoms with E-state index in [1.165, 1.54) is 11.0 Å². The van der Waals surface area contributed by atoms with Gasteiger partial charge >= 0.3 is 12.1 Å². The number of hydrogen-bond acceptors (Lipinski definition) is 4. The van der Waals surface area contributed by atoms with Crippen LogP contribution in [0.25, 0.3) is 0 Å². The second-order valence-electron chi connectivity index (χ2n) is 3.88. The summed E-state index contributed by atoms with van der Waals surface area (Å²) < 4.78 is 10.0. The van der Waals surface area contributed by atoms with Crippen molar-refractivity contribution in [3.05, 3.63) is 12.7 Å². The molecule has 5 heteroatoms. The van der Waals surface area contributed by atoms with Crippen molar-refractivity contribution in [2.75, 3.05) is 19.7 Å². The van der Waals surface area contributed by atoms with Crippen LogP contribution in [-0.2, 0) is 14.3 Å². The van der Waals surface area contributed by atoms with Crippen LogP contribution in [-0.4, -0.2) is 42.3 Å². The molecule has 2 rings (SSSR count). The largest absolute Gasteiger partial charge is 0.455 e. The SMILES string of the molecule is C=CCOC(=O)N1CC2(CCC(=O)O2)C1. The molecule has 82 valence electrons. The van der Waals surface area contributed by atoms with Crippen molar-refractivity contribution in [1.29, 1.82) is 0 Å². The number of hydrogen-bond donors (Lipinski definition) is 0. The lowest BCUT2D eigenvalue weighted by Gasteiger charge is -2.45. The predicted octanol–water partition coefficient (Wildman–Crippen LogP) is 0.700. The first kappa shape index (κ1) is 10.0. The number of likely N-dealkylation sites (tertiary alicyclic amines) is 1. The Morgan fingerprint density at radius 1 is 1.67 bits per heavy atom. The normalized spacial score (nSPS) is 22.1. The van der Waals surface area contributed by atoms with Crippen LogP contribution in [0.15, 0.2) is 12.7 Å². The number of amides is 1. The highest BCUT2D eigenvalue weighted by molar-refractivity contribution is 5.74. The molecule has 0 radical (unpaired) electrons. The van der Waals surface area contributed by atoms with Crippen LogP contribution in [0.5, 0.6) is 0 Å². The lowest BCUT2D eigenvalue weighted by Crippen LogP contribution is -2.63. The molecule has 0 aromatic rings. The Hall–Kier alpha value is -1.52. The second-order valence-corrected chi connectivity index (χ2v) is 3.88. The molecule has 1 spiro atoms. The van der Waals surface area contributed by atoms with Gasteiger partial charge in [0.2, 0.25) is 0 Å². The summed E-state index contributed by atoms with van der Waals surface area (Å²) in [6, 6.07) is 0. The highest BCUT2D eigenvalue weighted by Crippen LogP contribution is 2.35. The van der Waals surface area contributed by atoms with Crippen molar-refractivity contribution in [2.24, 2.45) is 0 Å². The average molecular weight is 211 g/mol. The van der Waals surface area contributed by atoms with E-state index in [9.17, 15) is 9.59 Å². The molecule has 2 aliphatic heterocycles. The Bertz CT molecular complexity index is 307. The monoisotopic (exact) mass is 211 g/mol. The number of nitrogens with zero attached hydrogens (tertiary/aromatic N) is 1. The molecule has 0 saturated carbocycles. The van der Waals surface area contributed by atoms with Crippen LogP contribution in [0, 0.1) is 0 Å². The van der Waals surface area contributed by atoms with Gasteiger partial charge in [0.1, 0.15) is 12.2 Å². The minimum Gasteiger partial charge on any atom is -0.455 e. The number of ether oxygens (including phenoxy) is 2. The molecule has 0 N–H and O–H groups in total. The van der Waals surface area contributed by atoms with E-state index < -0.39 is 5.60 Å². The summed E-state index contributed by atoms with van der Waals surface area (Å²) in [7, 11) is 0. The van der Waals surface area contributed by atoms with Crippen molar-refractivity contribution in [2.45, 2.75) is 18.4 Å². The molecular formula is C10H13NO4. The Labute approximate surface area is 87.6 Å². The topological polar surface area (TPSA) is 55.8 Å². The number of carbonyl (C=O) groups excluding carboxylic acids is 2. The van der Waals surface area contributed by atoms with Gasteiger partial charge in [-0.15, -0.1) is 0 Å². The van der Waals surface area contributed by atoms with Crippen molar-refractivity contribution in [3.8, 4) is 0 Å². The van der Waals surface area contributed by atoms with E-state index in [2.05, 4.69) is 6.58 Å². The maximum atomic E-state index is 11.3. The van der Waals surface area contributed by atoms with Crippen LogP contribution >= 0.6 is 0 Å². The van der Waals surface area contributed by atoms with Gasteiger partial charge in [-0.05, 0) is 0 Å². The van der Waals surface area contributed by atoms with Crippen LogP contribution in [0.3, 0.4) is 0 Å². The Balaban J connectivity index is 1.80. The van der Waals surface area contributed by atoms with Crippen LogP contribution < -0.4 is 0 Å². The van der Waals surface area contributed by atoms with Gasteiger partial charge in [-0.2, -0.15) is 0 Å². The molecule has 1 amide bonds. The Kier molecular flexibility index (Phi) is 2.38. The number of rotatable bonds is 2. The second kappa shape index (κ2) is 3.56. The first-order chi connectivity index (χ1) is 7.15. The zero-order valence-corrected chi connectivity index (χ0v) is 8.40. The van der Waals surface area contributed by atoms with Gasteiger partial charge in [0.05, 0.1) is 13.1 Å². The summed E-state index contributed by atoms with van der Waals surface area (Å²) in [5.74, 6) is -0.172. The standard InChI is InChI=1S/C10H13NO4/c1-2-5-14-9(13)11-6-10(7-11)4-3-8(12)15-10/h2H,1,3-7H2. The van der Waals surface area contributed by atoms with E-state index in [0.717, 1.165) is 0 Å². The summed E-state index contributed by atoms with van der Waals surface area (Å²) in [4.78, 5) is 23.8. The predicted molar refractivity (Wildman–Crippen MR) is 51.2 cm³/mol. The molecule has 0 bridgehead atoms. The molecule has 2 fully saturated rings. The van der Waals surface area contributed by atoms with Crippen molar-refractivity contribution in [1.82, 2.24) is 4.90 Å². The van der Waals surface area contributed by atoms with E-state index in [1.54, 1.807) is 0 Å². The van der Waals surface area contributed by atoms with E-state index in [4.69, 9.17) is 9.47 Å². The summed E-state index contributed by atoms with van der Waals surface area (Å²) >= 11 is 0. The molecule has 0 atom stereocenters. The van der Waals surface area contributed by atoms with Gasteiger partial charge in [-0.3, -0.25) is 4.79 Å². The third-order valence-corrected chi connectivity index (χ3v) is 2.66. The van der Waals surface area contributed by atoms with Gasteiger partial charge in [-0.1, -0.05) is 12.7 Å². The summed E-state index contributed by atoms with van der Waals surface area (Å²) in [6.45, 7) is 4.57. The first-order valence-corrected chi connectivity index (χ1v) is 4.90. The van der Waals surface area contributed by atoms with Gasteiger partial charge in [0.25, 0.3) is 0 Å². The third-order valence-electron chi connectivity index (χ3n) is 2.66. The smallest absolute Gasteiger partial charge is 0.410 e. The van der Waals surface area contributed by atoms with Gasteiger partial charge in [-0.25, -0.2) is 4.79 Å².